The molecule has 126 valence electrons. The number of alkyl halides is 3. The summed E-state index contributed by atoms with van der Waals surface area (Å²) in [7, 11) is 0. The number of rotatable bonds is 2. The number of halogens is 3. The van der Waals surface area contributed by atoms with E-state index in [4.69, 9.17) is 0 Å². The van der Waals surface area contributed by atoms with Gasteiger partial charge in [0.2, 0.25) is 5.91 Å². The largest absolute Gasteiger partial charge is 0.433 e. The number of nitrogens with one attached hydrogen (secondary N) is 2. The van der Waals surface area contributed by atoms with Crippen LogP contribution in [-0.2, 0) is 11.0 Å². The maximum Gasteiger partial charge on any atom is 0.433 e. The minimum Gasteiger partial charge on any atom is -0.342 e. The van der Waals surface area contributed by atoms with Crippen LogP contribution in [0.4, 0.5) is 13.2 Å². The zero-order chi connectivity index (χ0) is 16.9. The predicted octanol–water partition coefficient (Wildman–Crippen LogP) is 2.46. The minimum atomic E-state index is -4.51. The lowest BCUT2D eigenvalue weighted by molar-refractivity contribution is -0.140. The van der Waals surface area contributed by atoms with E-state index in [0.29, 0.717) is 12.4 Å². The van der Waals surface area contributed by atoms with E-state index in [2.05, 4.69) is 15.1 Å². The van der Waals surface area contributed by atoms with E-state index in [9.17, 15) is 18.0 Å². The zero-order valence-electron chi connectivity index (χ0n) is 12.5. The Hall–Kier alpha value is -2.58. The normalized spacial score (nSPS) is 23.8. The van der Waals surface area contributed by atoms with Gasteiger partial charge in [-0.15, -0.1) is 0 Å². The Balaban J connectivity index is 1.64. The Morgan fingerprint density at radius 1 is 1.29 bits per heavy atom. The fourth-order valence-corrected chi connectivity index (χ4v) is 3.51. The third-order valence-electron chi connectivity index (χ3n) is 4.63. The Labute approximate surface area is 134 Å². The van der Waals surface area contributed by atoms with Crippen LogP contribution in [0.15, 0.2) is 24.5 Å². The van der Waals surface area contributed by atoms with Gasteiger partial charge in [-0.05, 0) is 18.9 Å². The molecule has 1 amide bonds. The number of aromatic nitrogens is 4. The molecule has 2 aromatic rings. The maximum absolute atomic E-state index is 13.0. The maximum atomic E-state index is 13.0. The number of carbonyl (C=O) groups excluding carboxylic acids is 1. The van der Waals surface area contributed by atoms with Gasteiger partial charge in [0.1, 0.15) is 11.5 Å². The van der Waals surface area contributed by atoms with Crippen molar-refractivity contribution in [3.05, 3.63) is 36.1 Å². The molecule has 2 N–H and O–H groups in total. The van der Waals surface area contributed by atoms with Gasteiger partial charge in [0.05, 0.1) is 18.1 Å². The Bertz CT molecular complexity index is 806. The molecule has 0 saturated carbocycles. The highest BCUT2D eigenvalue weighted by Crippen LogP contribution is 2.38. The summed E-state index contributed by atoms with van der Waals surface area (Å²) in [6.45, 7) is 0.633. The Kier molecular flexibility index (Phi) is 3.26. The number of H-pyrrole nitrogens is 2. The van der Waals surface area contributed by atoms with Gasteiger partial charge in [-0.1, -0.05) is 6.08 Å². The average molecular weight is 337 g/mol. The third kappa shape index (κ3) is 2.31. The van der Waals surface area contributed by atoms with E-state index in [-0.39, 0.29) is 29.1 Å². The topological polar surface area (TPSA) is 77.7 Å². The van der Waals surface area contributed by atoms with Crippen molar-refractivity contribution < 1.29 is 18.0 Å². The van der Waals surface area contributed by atoms with Crippen molar-refractivity contribution in [2.24, 2.45) is 0 Å². The van der Waals surface area contributed by atoms with Crippen LogP contribution >= 0.6 is 0 Å². The fourth-order valence-electron chi connectivity index (χ4n) is 3.51. The molecule has 0 aromatic carbocycles. The van der Waals surface area contributed by atoms with Crippen LogP contribution in [0.1, 0.15) is 30.3 Å². The van der Waals surface area contributed by atoms with Crippen molar-refractivity contribution in [2.75, 3.05) is 6.54 Å². The number of carbonyl (C=O) groups is 1. The molecule has 4 heterocycles. The quantitative estimate of drug-likeness (QED) is 0.884. The van der Waals surface area contributed by atoms with Crippen LogP contribution in [0.3, 0.4) is 0 Å². The zero-order valence-corrected chi connectivity index (χ0v) is 12.5. The highest BCUT2D eigenvalue weighted by Gasteiger charge is 2.40. The number of hydrogen-bond acceptors (Lipinski definition) is 3. The van der Waals surface area contributed by atoms with Crippen LogP contribution in [-0.4, -0.2) is 43.6 Å². The molecule has 0 aliphatic carbocycles. The average Bonchev–Trinajstić information content (AvgIpc) is 3.25. The predicted molar refractivity (Wildman–Crippen MR) is 77.8 cm³/mol. The van der Waals surface area contributed by atoms with E-state index in [1.807, 2.05) is 11.2 Å². The first-order valence-corrected chi connectivity index (χ1v) is 7.58. The van der Waals surface area contributed by atoms with Gasteiger partial charge in [-0.25, -0.2) is 4.98 Å². The SMILES string of the molecule is O=C1C=CCC2C(c3ncc(-c4cn[nH]c4C(F)(F)F)[nH]3)CCN12. The molecule has 9 heteroatoms. The summed E-state index contributed by atoms with van der Waals surface area (Å²) < 4.78 is 38.9. The van der Waals surface area contributed by atoms with Gasteiger partial charge in [0.15, 0.2) is 0 Å². The number of aromatic amines is 2. The molecule has 2 atom stereocenters. The number of hydrogen-bond donors (Lipinski definition) is 2. The van der Waals surface area contributed by atoms with Crippen LogP contribution in [0, 0.1) is 0 Å². The molecule has 1 saturated heterocycles. The Morgan fingerprint density at radius 2 is 2.12 bits per heavy atom. The summed E-state index contributed by atoms with van der Waals surface area (Å²) in [6, 6.07) is 0.00735. The third-order valence-corrected chi connectivity index (χ3v) is 4.63. The molecule has 1 fully saturated rings. The molecular formula is C15H14F3N5O. The second-order valence-electron chi connectivity index (χ2n) is 5.97. The van der Waals surface area contributed by atoms with Crippen LogP contribution in [0.5, 0.6) is 0 Å². The first kappa shape index (κ1) is 15.0. The van der Waals surface area contributed by atoms with Crippen molar-refractivity contribution in [3.8, 4) is 11.3 Å². The summed E-state index contributed by atoms with van der Waals surface area (Å²) >= 11 is 0. The number of imidazole rings is 1. The first-order chi connectivity index (χ1) is 11.4. The van der Waals surface area contributed by atoms with Gasteiger partial charge in [0, 0.05) is 24.1 Å². The van der Waals surface area contributed by atoms with Crippen molar-refractivity contribution >= 4 is 5.91 Å². The van der Waals surface area contributed by atoms with Crippen molar-refractivity contribution in [1.82, 2.24) is 25.1 Å². The van der Waals surface area contributed by atoms with Gasteiger partial charge >= 0.3 is 6.18 Å². The highest BCUT2D eigenvalue weighted by molar-refractivity contribution is 5.89. The lowest BCUT2D eigenvalue weighted by Crippen LogP contribution is -2.38. The molecule has 6 nitrogen and oxygen atoms in total. The summed E-state index contributed by atoms with van der Waals surface area (Å²) in [5, 5.41) is 5.48. The van der Waals surface area contributed by atoms with Crippen molar-refractivity contribution in [2.45, 2.75) is 31.0 Å². The summed E-state index contributed by atoms with van der Waals surface area (Å²) in [6.07, 6.45) is 2.87. The standard InChI is InChI=1S/C15H14F3N5O/c16-15(17,18)13-9(6-20-22-13)10-7-19-14(21-10)8-4-5-23-11(8)2-1-3-12(23)24/h1,3,6-8,11H,2,4-5H2,(H,19,21)(H,20,22). The minimum absolute atomic E-state index is 0.00566. The van der Waals surface area contributed by atoms with Crippen molar-refractivity contribution in [3.63, 3.8) is 0 Å². The molecule has 24 heavy (non-hydrogen) atoms. The van der Waals surface area contributed by atoms with Crippen molar-refractivity contribution in [1.29, 1.82) is 0 Å². The lowest BCUT2D eigenvalue weighted by atomic mass is 9.95. The van der Waals surface area contributed by atoms with Gasteiger partial charge in [-0.3, -0.25) is 9.89 Å². The molecule has 0 bridgehead atoms. The van der Waals surface area contributed by atoms with Crippen LogP contribution in [0.25, 0.3) is 11.3 Å². The second kappa shape index (κ2) is 5.22. The molecule has 2 unspecified atom stereocenters. The molecule has 0 spiro atoms. The molecule has 2 aliphatic heterocycles. The molecule has 4 rings (SSSR count). The van der Waals surface area contributed by atoms with E-state index < -0.39 is 11.9 Å². The molecule has 2 aromatic heterocycles. The smallest absolute Gasteiger partial charge is 0.342 e. The fraction of sp³-hybridized carbons (Fsp3) is 0.400. The first-order valence-electron chi connectivity index (χ1n) is 7.58. The number of nitrogens with zero attached hydrogens (tertiary/aromatic N) is 3. The summed E-state index contributed by atoms with van der Waals surface area (Å²) in [4.78, 5) is 20.9. The molecule has 0 radical (unpaired) electrons. The monoisotopic (exact) mass is 337 g/mol. The summed E-state index contributed by atoms with van der Waals surface area (Å²) in [5.74, 6) is 0.582. The lowest BCUT2D eigenvalue weighted by Gasteiger charge is -2.28. The number of fused-ring (bicyclic) bond motifs is 1. The molecular weight excluding hydrogens is 323 g/mol. The Morgan fingerprint density at radius 3 is 2.92 bits per heavy atom. The highest BCUT2D eigenvalue weighted by atomic mass is 19.4. The van der Waals surface area contributed by atoms with Gasteiger partial charge < -0.3 is 9.88 Å². The summed E-state index contributed by atoms with van der Waals surface area (Å²) in [5.41, 5.74) is -0.695. The van der Waals surface area contributed by atoms with Gasteiger partial charge in [0.25, 0.3) is 0 Å². The van der Waals surface area contributed by atoms with Crippen LogP contribution in [0.2, 0.25) is 0 Å². The second-order valence-corrected chi connectivity index (χ2v) is 5.97. The van der Waals surface area contributed by atoms with Gasteiger partial charge in [-0.2, -0.15) is 18.3 Å². The van der Waals surface area contributed by atoms with Crippen LogP contribution < -0.4 is 0 Å². The van der Waals surface area contributed by atoms with E-state index in [0.717, 1.165) is 19.0 Å². The molecule has 2 aliphatic rings. The van der Waals surface area contributed by atoms with E-state index >= 15 is 0 Å². The van der Waals surface area contributed by atoms with E-state index in [1.54, 1.807) is 11.0 Å². The number of amides is 1. The van der Waals surface area contributed by atoms with E-state index in [1.165, 1.54) is 6.20 Å².